The Balaban J connectivity index is 1.34. The molecule has 0 saturated carbocycles. The number of carbonyl (C=O) groups excluding carboxylic acids is 1. The van der Waals surface area contributed by atoms with Crippen LogP contribution in [0.5, 0.6) is 0 Å². The first-order valence-corrected chi connectivity index (χ1v) is 11.8. The molecule has 2 aromatic carbocycles. The Morgan fingerprint density at radius 1 is 1.03 bits per heavy atom. The lowest BCUT2D eigenvalue weighted by molar-refractivity contribution is -0.118. The van der Waals surface area contributed by atoms with Crippen molar-refractivity contribution in [2.45, 2.75) is 24.0 Å². The highest BCUT2D eigenvalue weighted by Gasteiger charge is 2.17. The summed E-state index contributed by atoms with van der Waals surface area (Å²) in [4.78, 5) is 12.5. The summed E-state index contributed by atoms with van der Waals surface area (Å²) in [6.45, 7) is 4.92. The summed E-state index contributed by atoms with van der Waals surface area (Å²) in [7, 11) is 0. The number of benzene rings is 2. The molecule has 0 saturated heterocycles. The van der Waals surface area contributed by atoms with Crippen molar-refractivity contribution in [3.8, 4) is 11.6 Å². The highest BCUT2D eigenvalue weighted by atomic mass is 32.2. The average Bonchev–Trinajstić information content (AvgIpc) is 3.52. The molecule has 0 aliphatic heterocycles. The Morgan fingerprint density at radius 3 is 2.33 bits per heavy atom. The molecule has 4 rings (SSSR count). The van der Waals surface area contributed by atoms with E-state index in [9.17, 15) is 4.79 Å². The minimum Gasteiger partial charge on any atom is -0.461 e. The lowest BCUT2D eigenvalue weighted by atomic mass is 9.88. The fraction of sp³-hybridized carbons (Fsp3) is 0.192. The van der Waals surface area contributed by atoms with E-state index in [1.165, 1.54) is 22.9 Å². The standard InChI is InChI=1S/C26H26N4O2S/c1-2-17-30-25(23-14-9-18-32-23)28-29-26(30)33-19-24(31)27-16-15-22(20-10-5-3-6-11-20)21-12-7-4-8-13-21/h2-14,18,22H,1,15-17,19H2,(H,27,31). The van der Waals surface area contributed by atoms with Gasteiger partial charge in [0.1, 0.15) is 0 Å². The van der Waals surface area contributed by atoms with Crippen LogP contribution in [0.2, 0.25) is 0 Å². The van der Waals surface area contributed by atoms with E-state index in [0.29, 0.717) is 29.8 Å². The molecule has 2 heterocycles. The van der Waals surface area contributed by atoms with Crippen LogP contribution in [0.4, 0.5) is 0 Å². The molecule has 4 aromatic rings. The molecule has 7 heteroatoms. The molecule has 1 amide bonds. The van der Waals surface area contributed by atoms with Gasteiger partial charge in [0.15, 0.2) is 10.9 Å². The van der Waals surface area contributed by atoms with E-state index in [-0.39, 0.29) is 17.6 Å². The maximum Gasteiger partial charge on any atom is 0.230 e. The van der Waals surface area contributed by atoms with E-state index in [1.54, 1.807) is 18.4 Å². The summed E-state index contributed by atoms with van der Waals surface area (Å²) in [5, 5.41) is 12.2. The molecule has 0 radical (unpaired) electrons. The molecule has 0 bridgehead atoms. The predicted molar refractivity (Wildman–Crippen MR) is 131 cm³/mol. The van der Waals surface area contributed by atoms with Gasteiger partial charge in [0.05, 0.1) is 12.0 Å². The zero-order valence-electron chi connectivity index (χ0n) is 18.3. The summed E-state index contributed by atoms with van der Waals surface area (Å²) in [5.74, 6) is 1.71. The van der Waals surface area contributed by atoms with Crippen LogP contribution >= 0.6 is 11.8 Å². The van der Waals surface area contributed by atoms with Gasteiger partial charge in [0.2, 0.25) is 11.7 Å². The van der Waals surface area contributed by atoms with Crippen LogP contribution in [0, 0.1) is 0 Å². The van der Waals surface area contributed by atoms with Crippen LogP contribution in [-0.4, -0.2) is 33.0 Å². The fourth-order valence-electron chi connectivity index (χ4n) is 3.71. The third-order valence-corrected chi connectivity index (χ3v) is 6.23. The number of hydrogen-bond acceptors (Lipinski definition) is 5. The summed E-state index contributed by atoms with van der Waals surface area (Å²) >= 11 is 1.35. The normalized spacial score (nSPS) is 10.9. The molecule has 0 aliphatic carbocycles. The number of carbonyl (C=O) groups is 1. The van der Waals surface area contributed by atoms with E-state index in [4.69, 9.17) is 4.42 Å². The van der Waals surface area contributed by atoms with E-state index in [2.05, 4.69) is 70.6 Å². The lowest BCUT2D eigenvalue weighted by Gasteiger charge is -2.18. The second kappa shape index (κ2) is 11.3. The number of thioether (sulfide) groups is 1. The van der Waals surface area contributed by atoms with E-state index < -0.39 is 0 Å². The average molecular weight is 459 g/mol. The Morgan fingerprint density at radius 2 is 1.73 bits per heavy atom. The molecular weight excluding hydrogens is 432 g/mol. The quantitative estimate of drug-likeness (QED) is 0.248. The van der Waals surface area contributed by atoms with Gasteiger partial charge < -0.3 is 9.73 Å². The van der Waals surface area contributed by atoms with Gasteiger partial charge in [-0.2, -0.15) is 0 Å². The first kappa shape index (κ1) is 22.6. The minimum atomic E-state index is -0.0347. The first-order chi connectivity index (χ1) is 16.3. The molecule has 1 N–H and O–H groups in total. The lowest BCUT2D eigenvalue weighted by Crippen LogP contribution is -2.27. The van der Waals surface area contributed by atoms with Crippen molar-refractivity contribution >= 4 is 17.7 Å². The zero-order chi connectivity index (χ0) is 22.9. The highest BCUT2D eigenvalue weighted by molar-refractivity contribution is 7.99. The Bertz CT molecular complexity index is 1120. The van der Waals surface area contributed by atoms with Crippen LogP contribution in [-0.2, 0) is 11.3 Å². The van der Waals surface area contributed by atoms with Crippen molar-refractivity contribution in [3.05, 3.63) is 103 Å². The number of hydrogen-bond donors (Lipinski definition) is 1. The molecule has 0 atom stereocenters. The van der Waals surface area contributed by atoms with Crippen molar-refractivity contribution in [3.63, 3.8) is 0 Å². The minimum absolute atomic E-state index is 0.0347. The van der Waals surface area contributed by atoms with Gasteiger partial charge in [0, 0.05) is 19.0 Å². The maximum atomic E-state index is 12.5. The Hall–Kier alpha value is -3.58. The fourth-order valence-corrected chi connectivity index (χ4v) is 4.49. The highest BCUT2D eigenvalue weighted by Crippen LogP contribution is 2.27. The van der Waals surface area contributed by atoms with Gasteiger partial charge in [-0.1, -0.05) is 78.5 Å². The molecule has 6 nitrogen and oxygen atoms in total. The molecule has 33 heavy (non-hydrogen) atoms. The second-order valence-corrected chi connectivity index (χ2v) is 8.43. The third kappa shape index (κ3) is 5.81. The SMILES string of the molecule is C=CCn1c(SCC(=O)NCCC(c2ccccc2)c2ccccc2)nnc1-c1ccco1. The summed E-state index contributed by atoms with van der Waals surface area (Å²) in [6, 6.07) is 24.4. The molecule has 0 aliphatic rings. The predicted octanol–water partition coefficient (Wildman–Crippen LogP) is 5.15. The molecule has 2 aromatic heterocycles. The molecule has 0 unspecified atom stereocenters. The van der Waals surface area contributed by atoms with E-state index in [0.717, 1.165) is 6.42 Å². The number of nitrogens with one attached hydrogen (secondary N) is 1. The van der Waals surface area contributed by atoms with Gasteiger partial charge in [0.25, 0.3) is 0 Å². The Labute approximate surface area is 197 Å². The number of rotatable bonds is 11. The van der Waals surface area contributed by atoms with Crippen molar-refractivity contribution in [1.29, 1.82) is 0 Å². The smallest absolute Gasteiger partial charge is 0.230 e. The zero-order valence-corrected chi connectivity index (χ0v) is 19.1. The van der Waals surface area contributed by atoms with E-state index in [1.807, 2.05) is 22.8 Å². The maximum absolute atomic E-state index is 12.5. The second-order valence-electron chi connectivity index (χ2n) is 7.48. The summed E-state index contributed by atoms with van der Waals surface area (Å²) in [5.41, 5.74) is 2.49. The number of amides is 1. The summed E-state index contributed by atoms with van der Waals surface area (Å²) in [6.07, 6.45) is 4.19. The van der Waals surface area contributed by atoms with Crippen LogP contribution in [0.3, 0.4) is 0 Å². The van der Waals surface area contributed by atoms with Gasteiger partial charge in [-0.15, -0.1) is 16.8 Å². The van der Waals surface area contributed by atoms with E-state index >= 15 is 0 Å². The van der Waals surface area contributed by atoms with Gasteiger partial charge in [-0.3, -0.25) is 9.36 Å². The van der Waals surface area contributed by atoms with Crippen LogP contribution in [0.15, 0.2) is 101 Å². The van der Waals surface area contributed by atoms with Gasteiger partial charge in [-0.05, 0) is 29.7 Å². The van der Waals surface area contributed by atoms with Crippen LogP contribution in [0.25, 0.3) is 11.6 Å². The van der Waals surface area contributed by atoms with Crippen molar-refractivity contribution in [2.75, 3.05) is 12.3 Å². The van der Waals surface area contributed by atoms with Crippen molar-refractivity contribution < 1.29 is 9.21 Å². The molecule has 168 valence electrons. The summed E-state index contributed by atoms with van der Waals surface area (Å²) < 4.78 is 7.34. The monoisotopic (exact) mass is 458 g/mol. The van der Waals surface area contributed by atoms with Crippen LogP contribution < -0.4 is 5.32 Å². The third-order valence-electron chi connectivity index (χ3n) is 5.26. The van der Waals surface area contributed by atoms with Gasteiger partial charge in [-0.25, -0.2) is 0 Å². The topological polar surface area (TPSA) is 73.0 Å². The Kier molecular flexibility index (Phi) is 7.76. The van der Waals surface area contributed by atoms with Crippen molar-refractivity contribution in [1.82, 2.24) is 20.1 Å². The number of furan rings is 1. The molecular formula is C26H26N4O2S. The molecule has 0 fully saturated rings. The van der Waals surface area contributed by atoms with Gasteiger partial charge >= 0.3 is 0 Å². The number of nitrogens with zero attached hydrogens (tertiary/aromatic N) is 3. The molecule has 0 spiro atoms. The van der Waals surface area contributed by atoms with Crippen LogP contribution in [0.1, 0.15) is 23.5 Å². The first-order valence-electron chi connectivity index (χ1n) is 10.8. The number of aromatic nitrogens is 3. The largest absolute Gasteiger partial charge is 0.461 e. The number of allylic oxidation sites excluding steroid dienone is 1. The van der Waals surface area contributed by atoms with Crippen molar-refractivity contribution in [2.24, 2.45) is 0 Å².